The number of benzene rings is 2. The number of carbonyl (C=O) groups is 1. The lowest BCUT2D eigenvalue weighted by atomic mass is 10.0. The van der Waals surface area contributed by atoms with Crippen molar-refractivity contribution in [1.82, 2.24) is 24.6 Å². The number of thioether (sulfide) groups is 1. The second kappa shape index (κ2) is 12.2. The molecular formula is C31H32FN7O2S. The Balaban J connectivity index is 1.43. The summed E-state index contributed by atoms with van der Waals surface area (Å²) in [5.41, 5.74) is 7.40. The van der Waals surface area contributed by atoms with Crippen molar-refractivity contribution in [3.05, 3.63) is 72.3 Å². The van der Waals surface area contributed by atoms with Crippen molar-refractivity contribution in [2.24, 2.45) is 0 Å². The zero-order chi connectivity index (χ0) is 29.9. The predicted molar refractivity (Wildman–Crippen MR) is 162 cm³/mol. The van der Waals surface area contributed by atoms with Gasteiger partial charge in [0.25, 0.3) is 5.91 Å². The summed E-state index contributed by atoms with van der Waals surface area (Å²) >= 11 is 1.67. The predicted octanol–water partition coefficient (Wildman–Crippen LogP) is 6.15. The van der Waals surface area contributed by atoms with Crippen LogP contribution in [0.3, 0.4) is 0 Å². The number of carbonyl (C=O) groups excluding carboxylic acids is 1. The Hall–Kier alpha value is -4.43. The van der Waals surface area contributed by atoms with Crippen molar-refractivity contribution in [3.8, 4) is 28.8 Å². The summed E-state index contributed by atoms with van der Waals surface area (Å²) in [5, 5.41) is 14.9. The average Bonchev–Trinajstić information content (AvgIpc) is 3.36. The van der Waals surface area contributed by atoms with Crippen molar-refractivity contribution in [3.63, 3.8) is 0 Å². The van der Waals surface area contributed by atoms with Gasteiger partial charge in [-0.15, -0.1) is 0 Å². The number of nitrogen functional groups attached to an aromatic ring is 1. The standard InChI is InChI=1S/C31H32FN7O2S/c1-31(2,3)42-15-13-20(17-33)30(40)38-14-7-8-21(18-38)39-29-26(28(34)35-19-36-29)27(37-39)24-12-11-23(16-25(24)32)41-22-9-5-4-6-10-22/h4-6,9-13,16,19,21H,7-8,14-15,18H2,1-3H3,(H2,34,35,36)/b20-13+. The van der Waals surface area contributed by atoms with Gasteiger partial charge >= 0.3 is 0 Å². The number of amides is 1. The van der Waals surface area contributed by atoms with E-state index in [0.717, 1.165) is 6.42 Å². The van der Waals surface area contributed by atoms with Crippen LogP contribution in [0, 0.1) is 17.1 Å². The van der Waals surface area contributed by atoms with Crippen LogP contribution in [-0.2, 0) is 4.79 Å². The van der Waals surface area contributed by atoms with Crippen LogP contribution in [-0.4, -0.2) is 54.1 Å². The summed E-state index contributed by atoms with van der Waals surface area (Å²) in [4.78, 5) is 23.6. The summed E-state index contributed by atoms with van der Waals surface area (Å²) in [6, 6.07) is 15.5. The lowest BCUT2D eigenvalue weighted by molar-refractivity contribution is -0.128. The Morgan fingerprint density at radius 2 is 2.00 bits per heavy atom. The van der Waals surface area contributed by atoms with Crippen LogP contribution in [0.4, 0.5) is 10.2 Å². The first-order valence-electron chi connectivity index (χ1n) is 13.7. The first-order chi connectivity index (χ1) is 20.1. The molecule has 1 aliphatic rings. The molecule has 1 aliphatic heterocycles. The highest BCUT2D eigenvalue weighted by atomic mass is 32.2. The number of piperidine rings is 1. The van der Waals surface area contributed by atoms with Gasteiger partial charge in [0, 0.05) is 35.2 Å². The molecule has 0 bridgehead atoms. The monoisotopic (exact) mass is 585 g/mol. The maximum atomic E-state index is 15.5. The van der Waals surface area contributed by atoms with Crippen LogP contribution in [0.5, 0.6) is 11.5 Å². The van der Waals surface area contributed by atoms with Gasteiger partial charge in [0.15, 0.2) is 5.65 Å². The molecule has 42 heavy (non-hydrogen) atoms. The van der Waals surface area contributed by atoms with Crippen LogP contribution in [0.2, 0.25) is 0 Å². The number of hydrogen-bond acceptors (Lipinski definition) is 8. The summed E-state index contributed by atoms with van der Waals surface area (Å²) in [6.07, 6.45) is 4.48. The molecule has 216 valence electrons. The van der Waals surface area contributed by atoms with E-state index in [2.05, 4.69) is 36.8 Å². The molecular weight excluding hydrogens is 553 g/mol. The minimum absolute atomic E-state index is 0.0214. The molecule has 1 atom stereocenters. The summed E-state index contributed by atoms with van der Waals surface area (Å²) in [7, 11) is 0. The zero-order valence-corrected chi connectivity index (χ0v) is 24.6. The van der Waals surface area contributed by atoms with Gasteiger partial charge in [0.05, 0.1) is 11.4 Å². The fraction of sp³-hybridized carbons (Fsp3) is 0.323. The molecule has 0 radical (unpaired) electrons. The van der Waals surface area contributed by atoms with Gasteiger partial charge in [-0.3, -0.25) is 4.79 Å². The van der Waals surface area contributed by atoms with Crippen molar-refractivity contribution < 1.29 is 13.9 Å². The van der Waals surface area contributed by atoms with E-state index in [1.165, 1.54) is 12.4 Å². The van der Waals surface area contributed by atoms with Gasteiger partial charge in [-0.05, 0) is 37.1 Å². The summed E-state index contributed by atoms with van der Waals surface area (Å²) in [5.74, 6) is 0.854. The molecule has 11 heteroatoms. The highest BCUT2D eigenvalue weighted by Crippen LogP contribution is 2.36. The third-order valence-electron chi connectivity index (χ3n) is 6.88. The van der Waals surface area contributed by atoms with E-state index in [4.69, 9.17) is 15.6 Å². The smallest absolute Gasteiger partial charge is 0.264 e. The number of nitriles is 1. The molecule has 0 spiro atoms. The fourth-order valence-corrected chi connectivity index (χ4v) is 5.63. The molecule has 1 saturated heterocycles. The number of para-hydroxylation sites is 1. The molecule has 1 amide bonds. The minimum Gasteiger partial charge on any atom is -0.457 e. The normalized spacial score (nSPS) is 15.9. The SMILES string of the molecule is CC(C)(C)SC/C=C(\C#N)C(=O)N1CCCC(n2nc(-c3ccc(Oc4ccccc4)cc3F)c3c(N)ncnc32)C1. The van der Waals surface area contributed by atoms with Gasteiger partial charge in [-0.25, -0.2) is 19.0 Å². The highest BCUT2D eigenvalue weighted by Gasteiger charge is 2.30. The van der Waals surface area contributed by atoms with Gasteiger partial charge in [0.2, 0.25) is 0 Å². The van der Waals surface area contributed by atoms with E-state index in [1.807, 2.05) is 18.2 Å². The molecule has 3 heterocycles. The van der Waals surface area contributed by atoms with E-state index in [0.29, 0.717) is 53.5 Å². The Kier molecular flexibility index (Phi) is 8.45. The Bertz CT molecular complexity index is 1670. The van der Waals surface area contributed by atoms with Crippen molar-refractivity contribution in [2.75, 3.05) is 24.6 Å². The van der Waals surface area contributed by atoms with Gasteiger partial charge in [-0.1, -0.05) is 45.0 Å². The van der Waals surface area contributed by atoms with E-state index >= 15 is 4.39 Å². The lowest BCUT2D eigenvalue weighted by Gasteiger charge is -2.32. The second-order valence-corrected chi connectivity index (χ2v) is 12.9. The first kappa shape index (κ1) is 29.1. The zero-order valence-electron chi connectivity index (χ0n) is 23.7. The topological polar surface area (TPSA) is 123 Å². The molecule has 1 fully saturated rings. The third kappa shape index (κ3) is 6.39. The number of hydrogen-bond donors (Lipinski definition) is 1. The molecule has 0 saturated carbocycles. The van der Waals surface area contributed by atoms with Crippen LogP contribution in [0.15, 0.2) is 66.5 Å². The van der Waals surface area contributed by atoms with Crippen LogP contribution in [0.1, 0.15) is 39.7 Å². The number of anilines is 1. The van der Waals surface area contributed by atoms with Crippen molar-refractivity contribution >= 4 is 34.5 Å². The van der Waals surface area contributed by atoms with Gasteiger partial charge < -0.3 is 15.4 Å². The van der Waals surface area contributed by atoms with E-state index in [9.17, 15) is 10.1 Å². The maximum absolute atomic E-state index is 15.5. The lowest BCUT2D eigenvalue weighted by Crippen LogP contribution is -2.41. The largest absolute Gasteiger partial charge is 0.457 e. The number of rotatable bonds is 7. The Morgan fingerprint density at radius 3 is 2.71 bits per heavy atom. The molecule has 9 nitrogen and oxygen atoms in total. The van der Waals surface area contributed by atoms with Crippen molar-refractivity contribution in [2.45, 2.75) is 44.4 Å². The second-order valence-electron chi connectivity index (χ2n) is 11.0. The summed E-state index contributed by atoms with van der Waals surface area (Å²) in [6.45, 7) is 7.13. The average molecular weight is 586 g/mol. The number of nitrogens with two attached hydrogens (primary N) is 1. The van der Waals surface area contributed by atoms with Crippen LogP contribution < -0.4 is 10.5 Å². The van der Waals surface area contributed by atoms with E-state index < -0.39 is 5.82 Å². The van der Waals surface area contributed by atoms with E-state index in [-0.39, 0.29) is 33.7 Å². The highest BCUT2D eigenvalue weighted by molar-refractivity contribution is 8.00. The molecule has 5 rings (SSSR count). The third-order valence-corrected chi connectivity index (χ3v) is 8.08. The molecule has 2 aromatic carbocycles. The van der Waals surface area contributed by atoms with E-state index in [1.54, 1.807) is 51.7 Å². The molecule has 1 unspecified atom stereocenters. The molecule has 4 aromatic rings. The van der Waals surface area contributed by atoms with Gasteiger partial charge in [-0.2, -0.15) is 22.1 Å². The number of halogens is 1. The Morgan fingerprint density at radius 1 is 1.21 bits per heavy atom. The molecule has 0 aliphatic carbocycles. The van der Waals surface area contributed by atoms with Crippen LogP contribution in [0.25, 0.3) is 22.3 Å². The quantitative estimate of drug-likeness (QED) is 0.202. The number of ether oxygens (including phenoxy) is 1. The van der Waals surface area contributed by atoms with Crippen molar-refractivity contribution in [1.29, 1.82) is 5.26 Å². The number of nitrogens with zero attached hydrogens (tertiary/aromatic N) is 6. The number of likely N-dealkylation sites (tertiary alicyclic amines) is 1. The fourth-order valence-electron chi connectivity index (χ4n) is 4.88. The minimum atomic E-state index is -0.532. The number of aromatic nitrogens is 4. The van der Waals surface area contributed by atoms with Crippen LogP contribution >= 0.6 is 11.8 Å². The molecule has 2 aromatic heterocycles. The Labute approximate surface area is 248 Å². The van der Waals surface area contributed by atoms with Gasteiger partial charge in [0.1, 0.15) is 46.8 Å². The molecule has 2 N–H and O–H groups in total. The summed E-state index contributed by atoms with van der Waals surface area (Å²) < 4.78 is 23.0. The maximum Gasteiger partial charge on any atom is 0.264 e. The first-order valence-corrected chi connectivity index (χ1v) is 14.7. The number of fused-ring (bicyclic) bond motifs is 1.